The summed E-state index contributed by atoms with van der Waals surface area (Å²) >= 11 is 0. The summed E-state index contributed by atoms with van der Waals surface area (Å²) in [6.07, 6.45) is 1.84. The fourth-order valence-electron chi connectivity index (χ4n) is 2.06. The van der Waals surface area contributed by atoms with Gasteiger partial charge >= 0.3 is 0 Å². The molecule has 0 aromatic carbocycles. The quantitative estimate of drug-likeness (QED) is 0.405. The molecule has 0 spiro atoms. The Morgan fingerprint density at radius 2 is 2.12 bits per heavy atom. The van der Waals surface area contributed by atoms with E-state index in [1.165, 1.54) is 16.7 Å². The van der Waals surface area contributed by atoms with Crippen LogP contribution in [0.2, 0.25) is 0 Å². The number of hydrogen-bond donors (Lipinski definition) is 2. The number of hydrogen-bond acceptors (Lipinski definition) is 4. The predicted molar refractivity (Wildman–Crippen MR) is 60.3 cm³/mol. The maximum atomic E-state index is 11.7. The molecule has 1 aromatic heterocycles. The van der Waals surface area contributed by atoms with Crippen LogP contribution in [0.4, 0.5) is 0 Å². The monoisotopic (exact) mass is 235 g/mol. The van der Waals surface area contributed by atoms with Crippen LogP contribution in [0.1, 0.15) is 28.9 Å². The molecule has 1 aliphatic carbocycles. The second-order valence-electron chi connectivity index (χ2n) is 3.96. The van der Waals surface area contributed by atoms with Crippen LogP contribution in [-0.4, -0.2) is 16.3 Å². The van der Waals surface area contributed by atoms with Crippen LogP contribution in [0.5, 0.6) is 0 Å². The number of carbonyl (C=O) groups excluding carboxylic acids is 2. The summed E-state index contributed by atoms with van der Waals surface area (Å²) < 4.78 is 1.31. The Balaban J connectivity index is 2.50. The van der Waals surface area contributed by atoms with Crippen molar-refractivity contribution in [2.75, 3.05) is 0 Å². The van der Waals surface area contributed by atoms with E-state index in [4.69, 9.17) is 5.84 Å². The van der Waals surface area contributed by atoms with Gasteiger partial charge in [-0.3, -0.25) is 19.8 Å². The molecular formula is C11H13N3O3. The molecule has 17 heavy (non-hydrogen) atoms. The molecule has 0 saturated heterocycles. The molecule has 0 fully saturated rings. The molecule has 2 rings (SSSR count). The minimum absolute atomic E-state index is 0.0214. The largest absolute Gasteiger partial charge is 0.302 e. The summed E-state index contributed by atoms with van der Waals surface area (Å²) in [5, 5.41) is 0. The van der Waals surface area contributed by atoms with Crippen molar-refractivity contribution in [2.24, 2.45) is 5.84 Å². The lowest BCUT2D eigenvalue weighted by Crippen LogP contribution is -2.38. The third kappa shape index (κ3) is 2.12. The minimum atomic E-state index is -0.460. The molecule has 0 saturated carbocycles. The second kappa shape index (κ2) is 4.50. The van der Waals surface area contributed by atoms with Gasteiger partial charge in [0.1, 0.15) is 6.54 Å². The molecule has 1 aliphatic rings. The van der Waals surface area contributed by atoms with Crippen LogP contribution < -0.4 is 16.8 Å². The van der Waals surface area contributed by atoms with E-state index in [2.05, 4.69) is 0 Å². The first-order valence-electron chi connectivity index (χ1n) is 5.39. The summed E-state index contributed by atoms with van der Waals surface area (Å²) in [4.78, 5) is 34.6. The van der Waals surface area contributed by atoms with Crippen molar-refractivity contribution in [3.63, 3.8) is 0 Å². The summed E-state index contributed by atoms with van der Waals surface area (Å²) in [7, 11) is 0. The topological polar surface area (TPSA) is 94.2 Å². The van der Waals surface area contributed by atoms with E-state index >= 15 is 0 Å². The van der Waals surface area contributed by atoms with Gasteiger partial charge in [0.2, 0.25) is 0 Å². The lowest BCUT2D eigenvalue weighted by Gasteiger charge is -2.19. The Bertz CT molecular complexity index is 533. The molecule has 0 unspecified atom stereocenters. The molecule has 0 atom stereocenters. The van der Waals surface area contributed by atoms with Crippen LogP contribution in [0.15, 0.2) is 16.9 Å². The molecule has 1 heterocycles. The zero-order valence-corrected chi connectivity index (χ0v) is 9.23. The lowest BCUT2D eigenvalue weighted by molar-refractivity contribution is -0.121. The normalized spacial score (nSPS) is 14.3. The molecule has 6 heteroatoms. The number of rotatable bonds is 2. The summed E-state index contributed by atoms with van der Waals surface area (Å²) in [6.45, 7) is -0.147. The first-order chi connectivity index (χ1) is 8.13. The highest BCUT2D eigenvalue weighted by Gasteiger charge is 2.21. The highest BCUT2D eigenvalue weighted by atomic mass is 16.2. The first-order valence-corrected chi connectivity index (χ1v) is 5.39. The number of pyridine rings is 1. The van der Waals surface area contributed by atoms with Crippen molar-refractivity contribution in [3.8, 4) is 0 Å². The standard InChI is InChI=1S/C11H13N3O3/c12-13-10(16)6-14-8-2-1-3-9(15)7(8)4-5-11(14)17/h4-5H,1-3,6,12H2,(H,13,16). The van der Waals surface area contributed by atoms with Gasteiger partial charge in [-0.05, 0) is 18.9 Å². The van der Waals surface area contributed by atoms with Crippen molar-refractivity contribution in [3.05, 3.63) is 33.7 Å². The van der Waals surface area contributed by atoms with Crippen LogP contribution in [0.3, 0.4) is 0 Å². The lowest BCUT2D eigenvalue weighted by atomic mass is 9.94. The molecule has 6 nitrogen and oxygen atoms in total. The van der Waals surface area contributed by atoms with Crippen LogP contribution in [0, 0.1) is 0 Å². The van der Waals surface area contributed by atoms with Crippen LogP contribution in [-0.2, 0) is 17.8 Å². The number of fused-ring (bicyclic) bond motifs is 1. The number of hydrazine groups is 1. The van der Waals surface area contributed by atoms with Gasteiger partial charge in [0, 0.05) is 23.7 Å². The van der Waals surface area contributed by atoms with E-state index in [-0.39, 0.29) is 17.9 Å². The van der Waals surface area contributed by atoms with E-state index in [1.54, 1.807) is 0 Å². The number of amides is 1. The number of nitrogens with one attached hydrogen (secondary N) is 1. The molecule has 3 N–H and O–H groups in total. The number of nitrogens with zero attached hydrogens (tertiary/aromatic N) is 1. The molecule has 1 amide bonds. The average Bonchev–Trinajstić information content (AvgIpc) is 2.33. The zero-order chi connectivity index (χ0) is 12.4. The van der Waals surface area contributed by atoms with Crippen molar-refractivity contribution in [1.82, 2.24) is 9.99 Å². The third-order valence-electron chi connectivity index (χ3n) is 2.88. The van der Waals surface area contributed by atoms with Gasteiger partial charge in [-0.15, -0.1) is 0 Å². The molecule has 0 bridgehead atoms. The zero-order valence-electron chi connectivity index (χ0n) is 9.23. The Labute approximate surface area is 97.4 Å². The predicted octanol–water partition coefficient (Wildman–Crippen LogP) is -0.643. The summed E-state index contributed by atoms with van der Waals surface area (Å²) in [5.74, 6) is 4.55. The van der Waals surface area contributed by atoms with Crippen molar-refractivity contribution in [2.45, 2.75) is 25.8 Å². The maximum absolute atomic E-state index is 11.7. The molecule has 90 valence electrons. The van der Waals surface area contributed by atoms with E-state index in [1.807, 2.05) is 5.43 Å². The number of Topliss-reactive ketones (excluding diaryl/α,β-unsaturated/α-hetero) is 1. The molecule has 0 radical (unpaired) electrons. The Hall–Kier alpha value is -1.95. The van der Waals surface area contributed by atoms with Gasteiger partial charge in [-0.1, -0.05) is 0 Å². The van der Waals surface area contributed by atoms with Gasteiger partial charge in [-0.25, -0.2) is 5.84 Å². The minimum Gasteiger partial charge on any atom is -0.302 e. The third-order valence-corrected chi connectivity index (χ3v) is 2.88. The SMILES string of the molecule is NNC(=O)Cn1c2c(ccc1=O)C(=O)CCC2. The van der Waals surface area contributed by atoms with Crippen LogP contribution in [0.25, 0.3) is 0 Å². The maximum Gasteiger partial charge on any atom is 0.253 e. The number of ketones is 1. The number of carbonyl (C=O) groups is 2. The molecule has 0 aliphatic heterocycles. The Morgan fingerprint density at radius 1 is 1.35 bits per heavy atom. The highest BCUT2D eigenvalue weighted by Crippen LogP contribution is 2.19. The number of nitrogens with two attached hydrogens (primary N) is 1. The van der Waals surface area contributed by atoms with Gasteiger partial charge in [0.25, 0.3) is 11.5 Å². The fraction of sp³-hybridized carbons (Fsp3) is 0.364. The van der Waals surface area contributed by atoms with E-state index in [0.717, 1.165) is 0 Å². The smallest absolute Gasteiger partial charge is 0.253 e. The first kappa shape index (κ1) is 11.5. The summed E-state index contributed by atoms with van der Waals surface area (Å²) in [5.41, 5.74) is 2.86. The van der Waals surface area contributed by atoms with E-state index < -0.39 is 5.91 Å². The molecule has 1 aromatic rings. The second-order valence-corrected chi connectivity index (χ2v) is 3.96. The Kier molecular flexibility index (Phi) is 3.06. The number of aromatic nitrogens is 1. The van der Waals surface area contributed by atoms with Crippen molar-refractivity contribution >= 4 is 11.7 Å². The van der Waals surface area contributed by atoms with Crippen molar-refractivity contribution in [1.29, 1.82) is 0 Å². The Morgan fingerprint density at radius 3 is 2.82 bits per heavy atom. The van der Waals surface area contributed by atoms with Gasteiger partial charge in [0.05, 0.1) is 0 Å². The fourth-order valence-corrected chi connectivity index (χ4v) is 2.06. The van der Waals surface area contributed by atoms with E-state index in [0.29, 0.717) is 30.5 Å². The van der Waals surface area contributed by atoms with Gasteiger partial charge in [-0.2, -0.15) is 0 Å². The van der Waals surface area contributed by atoms with Gasteiger partial charge in [0.15, 0.2) is 5.78 Å². The highest BCUT2D eigenvalue weighted by molar-refractivity contribution is 5.98. The summed E-state index contributed by atoms with van der Waals surface area (Å²) in [6, 6.07) is 2.85. The molecular weight excluding hydrogens is 222 g/mol. The van der Waals surface area contributed by atoms with Crippen LogP contribution >= 0.6 is 0 Å². The average molecular weight is 235 g/mol. The van der Waals surface area contributed by atoms with E-state index in [9.17, 15) is 14.4 Å². The van der Waals surface area contributed by atoms with Gasteiger partial charge < -0.3 is 4.57 Å². The van der Waals surface area contributed by atoms with Crippen molar-refractivity contribution < 1.29 is 9.59 Å².